The Morgan fingerprint density at radius 3 is 2.64 bits per heavy atom. The first-order chi connectivity index (χ1) is 17.6. The first kappa shape index (κ1) is 24.0. The molecule has 2 aromatic heterocycles. The number of ether oxygens (including phenoxy) is 1. The number of anilines is 1. The van der Waals surface area contributed by atoms with Crippen LogP contribution in [0.2, 0.25) is 5.02 Å². The van der Waals surface area contributed by atoms with Crippen molar-refractivity contribution in [2.45, 2.75) is 6.42 Å². The Morgan fingerprint density at radius 2 is 1.86 bits per heavy atom. The monoisotopic (exact) mass is 503 g/mol. The van der Waals surface area contributed by atoms with Crippen molar-refractivity contribution >= 4 is 23.2 Å². The molecular formula is C27H26ClN5O3. The third-order valence-corrected chi connectivity index (χ3v) is 6.40. The number of phenolic OH excluding ortho intramolecular Hbond substituents is 1. The van der Waals surface area contributed by atoms with E-state index < -0.39 is 0 Å². The van der Waals surface area contributed by atoms with Crippen LogP contribution < -0.4 is 5.32 Å². The van der Waals surface area contributed by atoms with E-state index in [2.05, 4.69) is 15.2 Å². The molecule has 1 fully saturated rings. The normalized spacial score (nSPS) is 14.0. The third-order valence-electron chi connectivity index (χ3n) is 6.08. The fraction of sp³-hybridized carbons (Fsp3) is 0.222. The second-order valence-electron chi connectivity index (χ2n) is 8.54. The molecule has 1 saturated heterocycles. The highest BCUT2D eigenvalue weighted by atomic mass is 35.5. The first-order valence-electron chi connectivity index (χ1n) is 11.8. The van der Waals surface area contributed by atoms with E-state index in [1.807, 2.05) is 48.7 Å². The van der Waals surface area contributed by atoms with Crippen LogP contribution in [0.5, 0.6) is 5.75 Å². The Morgan fingerprint density at radius 1 is 1.06 bits per heavy atom. The lowest BCUT2D eigenvalue weighted by atomic mass is 10.0. The van der Waals surface area contributed by atoms with Crippen LogP contribution in [0.15, 0.2) is 73.2 Å². The molecule has 0 saturated carbocycles. The second kappa shape index (κ2) is 10.9. The summed E-state index contributed by atoms with van der Waals surface area (Å²) in [6.07, 6.45) is 5.80. The Hall–Kier alpha value is -3.72. The summed E-state index contributed by atoms with van der Waals surface area (Å²) in [6.45, 7) is 3.85. The number of benzene rings is 2. The lowest BCUT2D eigenvalue weighted by Gasteiger charge is -2.26. The van der Waals surface area contributed by atoms with Gasteiger partial charge in [-0.3, -0.25) is 14.7 Å². The maximum atomic E-state index is 12.6. The van der Waals surface area contributed by atoms with Gasteiger partial charge in [0.25, 0.3) is 0 Å². The van der Waals surface area contributed by atoms with Crippen LogP contribution in [-0.2, 0) is 9.53 Å². The van der Waals surface area contributed by atoms with Gasteiger partial charge in [0.15, 0.2) is 0 Å². The molecule has 1 amide bonds. The number of hydrogen-bond donors (Lipinski definition) is 2. The molecule has 2 N–H and O–H groups in total. The number of hydrogen-bond acceptors (Lipinski definition) is 6. The van der Waals surface area contributed by atoms with Crippen LogP contribution in [-0.4, -0.2) is 63.5 Å². The van der Waals surface area contributed by atoms with Crippen LogP contribution in [0.3, 0.4) is 0 Å². The van der Waals surface area contributed by atoms with Gasteiger partial charge in [-0.2, -0.15) is 5.10 Å². The smallest absolute Gasteiger partial charge is 0.225 e. The minimum absolute atomic E-state index is 0.00816. The van der Waals surface area contributed by atoms with E-state index in [4.69, 9.17) is 21.4 Å². The lowest BCUT2D eigenvalue weighted by molar-refractivity contribution is -0.116. The van der Waals surface area contributed by atoms with Crippen molar-refractivity contribution in [2.24, 2.45) is 0 Å². The molecule has 5 rings (SSSR count). The molecule has 3 heterocycles. The molecule has 4 aromatic rings. The maximum Gasteiger partial charge on any atom is 0.225 e. The summed E-state index contributed by atoms with van der Waals surface area (Å²) in [5.74, 6) is -0.0416. The number of halogens is 1. The van der Waals surface area contributed by atoms with Gasteiger partial charge in [-0.15, -0.1) is 0 Å². The fourth-order valence-electron chi connectivity index (χ4n) is 4.16. The van der Waals surface area contributed by atoms with E-state index in [9.17, 15) is 9.90 Å². The van der Waals surface area contributed by atoms with Gasteiger partial charge in [-0.1, -0.05) is 23.7 Å². The zero-order valence-electron chi connectivity index (χ0n) is 19.6. The molecule has 0 spiro atoms. The summed E-state index contributed by atoms with van der Waals surface area (Å²) >= 11 is 6.02. The van der Waals surface area contributed by atoms with Gasteiger partial charge in [0, 0.05) is 61.5 Å². The molecule has 1 aliphatic heterocycles. The standard InChI is InChI=1S/C27H26ClN5O3/c28-24-5-4-20(16-25(24)34)27-23(19-6-9-29-10-7-19)18-33(31-27)22-3-1-2-21(17-22)30-26(35)8-11-32-12-14-36-15-13-32/h1-7,9-10,16-18,34H,8,11-15H2,(H,30,35). The SMILES string of the molecule is O=C(CCN1CCOCC1)Nc1cccc(-n2cc(-c3ccncc3)c(-c3ccc(Cl)c(O)c3)n2)c1. The summed E-state index contributed by atoms with van der Waals surface area (Å²) in [6, 6.07) is 16.5. The van der Waals surface area contributed by atoms with Gasteiger partial charge in [0.05, 0.1) is 23.9 Å². The van der Waals surface area contributed by atoms with Crippen molar-refractivity contribution in [1.29, 1.82) is 0 Å². The predicted octanol–water partition coefficient (Wildman–Crippen LogP) is 4.62. The molecule has 0 radical (unpaired) electrons. The van der Waals surface area contributed by atoms with E-state index in [0.717, 1.165) is 35.5 Å². The average Bonchev–Trinajstić information content (AvgIpc) is 3.36. The van der Waals surface area contributed by atoms with Crippen LogP contribution in [0.25, 0.3) is 28.1 Å². The number of morpholine rings is 1. The number of carbonyl (C=O) groups is 1. The molecule has 0 atom stereocenters. The van der Waals surface area contributed by atoms with Crippen LogP contribution in [0, 0.1) is 0 Å². The van der Waals surface area contributed by atoms with E-state index in [0.29, 0.717) is 37.6 Å². The average molecular weight is 504 g/mol. The summed E-state index contributed by atoms with van der Waals surface area (Å²) in [4.78, 5) is 18.9. The number of pyridine rings is 1. The summed E-state index contributed by atoms with van der Waals surface area (Å²) < 4.78 is 7.13. The highest BCUT2D eigenvalue weighted by Gasteiger charge is 2.16. The number of aromatic nitrogens is 3. The Kier molecular flexibility index (Phi) is 7.27. The summed E-state index contributed by atoms with van der Waals surface area (Å²) in [5.41, 5.74) is 4.72. The number of amides is 1. The van der Waals surface area contributed by atoms with Gasteiger partial charge in [-0.05, 0) is 48.0 Å². The third kappa shape index (κ3) is 5.57. The molecule has 8 nitrogen and oxygen atoms in total. The van der Waals surface area contributed by atoms with Crippen LogP contribution in [0.1, 0.15) is 6.42 Å². The minimum Gasteiger partial charge on any atom is -0.506 e. The molecule has 9 heteroatoms. The van der Waals surface area contributed by atoms with Crippen LogP contribution >= 0.6 is 11.6 Å². The number of phenols is 1. The van der Waals surface area contributed by atoms with E-state index in [1.165, 1.54) is 0 Å². The first-order valence-corrected chi connectivity index (χ1v) is 12.1. The van der Waals surface area contributed by atoms with Crippen molar-refractivity contribution in [1.82, 2.24) is 19.7 Å². The van der Waals surface area contributed by atoms with Crippen molar-refractivity contribution in [2.75, 3.05) is 38.2 Å². The molecule has 0 aliphatic carbocycles. The van der Waals surface area contributed by atoms with Gasteiger partial charge < -0.3 is 15.2 Å². The van der Waals surface area contributed by atoms with E-state index in [1.54, 1.807) is 29.2 Å². The molecular weight excluding hydrogens is 478 g/mol. The second-order valence-corrected chi connectivity index (χ2v) is 8.95. The fourth-order valence-corrected chi connectivity index (χ4v) is 4.27. The molecule has 0 bridgehead atoms. The van der Waals surface area contributed by atoms with Crippen molar-refractivity contribution < 1.29 is 14.6 Å². The van der Waals surface area contributed by atoms with Gasteiger partial charge in [-0.25, -0.2) is 4.68 Å². The molecule has 2 aromatic carbocycles. The number of rotatable bonds is 7. The van der Waals surface area contributed by atoms with E-state index in [-0.39, 0.29) is 16.7 Å². The molecule has 184 valence electrons. The quantitative estimate of drug-likeness (QED) is 0.382. The Balaban J connectivity index is 1.40. The van der Waals surface area contributed by atoms with Gasteiger partial charge in [0.1, 0.15) is 11.4 Å². The number of nitrogens with one attached hydrogen (secondary N) is 1. The largest absolute Gasteiger partial charge is 0.506 e. The highest BCUT2D eigenvalue weighted by molar-refractivity contribution is 6.32. The zero-order valence-corrected chi connectivity index (χ0v) is 20.4. The highest BCUT2D eigenvalue weighted by Crippen LogP contribution is 2.35. The molecule has 0 unspecified atom stereocenters. The minimum atomic E-state index is -0.0334. The predicted molar refractivity (Wildman–Crippen MR) is 139 cm³/mol. The maximum absolute atomic E-state index is 12.6. The summed E-state index contributed by atoms with van der Waals surface area (Å²) in [7, 11) is 0. The van der Waals surface area contributed by atoms with Crippen LogP contribution in [0.4, 0.5) is 5.69 Å². The summed E-state index contributed by atoms with van der Waals surface area (Å²) in [5, 5.41) is 18.3. The van der Waals surface area contributed by atoms with E-state index >= 15 is 0 Å². The zero-order chi connectivity index (χ0) is 24.9. The number of carbonyl (C=O) groups excluding carboxylic acids is 1. The van der Waals surface area contributed by atoms with Gasteiger partial charge >= 0.3 is 0 Å². The Labute approximate surface area is 214 Å². The van der Waals surface area contributed by atoms with Crippen molar-refractivity contribution in [3.63, 3.8) is 0 Å². The van der Waals surface area contributed by atoms with Crippen molar-refractivity contribution in [3.8, 4) is 33.8 Å². The number of aromatic hydroxyl groups is 1. The molecule has 36 heavy (non-hydrogen) atoms. The lowest BCUT2D eigenvalue weighted by Crippen LogP contribution is -2.38. The van der Waals surface area contributed by atoms with Gasteiger partial charge in [0.2, 0.25) is 5.91 Å². The van der Waals surface area contributed by atoms with Crippen molar-refractivity contribution in [3.05, 3.63) is 78.2 Å². The topological polar surface area (TPSA) is 92.5 Å². The Bertz CT molecular complexity index is 1350. The number of nitrogens with zero attached hydrogens (tertiary/aromatic N) is 4. The molecule has 1 aliphatic rings.